The monoisotopic (exact) mass is 163 g/mol. The minimum absolute atomic E-state index is 0.232. The van der Waals surface area contributed by atoms with Gasteiger partial charge >= 0.3 is 0 Å². The van der Waals surface area contributed by atoms with Crippen molar-refractivity contribution in [1.82, 2.24) is 4.90 Å². The fourth-order valence-electron chi connectivity index (χ4n) is 0.943. The second-order valence-corrected chi connectivity index (χ2v) is 2.91. The SMILES string of the molecule is CC(O)CN(C)CC(O)CO. The number of hydrogen-bond acceptors (Lipinski definition) is 4. The second-order valence-electron chi connectivity index (χ2n) is 2.91. The lowest BCUT2D eigenvalue weighted by Gasteiger charge is -2.20. The van der Waals surface area contributed by atoms with Gasteiger partial charge in [-0.2, -0.15) is 0 Å². The van der Waals surface area contributed by atoms with Gasteiger partial charge in [-0.3, -0.25) is 0 Å². The molecule has 2 atom stereocenters. The Bertz CT molecular complexity index is 97.7. The number of hydrogen-bond donors (Lipinski definition) is 3. The molecule has 0 bridgehead atoms. The highest BCUT2D eigenvalue weighted by Gasteiger charge is 2.07. The van der Waals surface area contributed by atoms with Crippen LogP contribution in [0.5, 0.6) is 0 Å². The van der Waals surface area contributed by atoms with Crippen molar-refractivity contribution in [1.29, 1.82) is 0 Å². The first-order chi connectivity index (χ1) is 5.06. The average molecular weight is 163 g/mol. The number of nitrogens with zero attached hydrogens (tertiary/aromatic N) is 1. The summed E-state index contributed by atoms with van der Waals surface area (Å²) in [6, 6.07) is 0. The van der Waals surface area contributed by atoms with Crippen LogP contribution in [0.25, 0.3) is 0 Å². The molecule has 0 heterocycles. The highest BCUT2D eigenvalue weighted by atomic mass is 16.3. The van der Waals surface area contributed by atoms with Gasteiger partial charge in [0.05, 0.1) is 18.8 Å². The normalized spacial score (nSPS) is 16.9. The first kappa shape index (κ1) is 10.8. The van der Waals surface area contributed by atoms with Crippen molar-refractivity contribution in [2.75, 3.05) is 26.7 Å². The summed E-state index contributed by atoms with van der Waals surface area (Å²) >= 11 is 0. The van der Waals surface area contributed by atoms with Crippen molar-refractivity contribution < 1.29 is 15.3 Å². The molecule has 0 aliphatic carbocycles. The average Bonchev–Trinajstić information content (AvgIpc) is 1.85. The quantitative estimate of drug-likeness (QED) is 0.469. The molecule has 3 N–H and O–H groups in total. The van der Waals surface area contributed by atoms with Gasteiger partial charge in [0.25, 0.3) is 0 Å². The minimum Gasteiger partial charge on any atom is -0.394 e. The van der Waals surface area contributed by atoms with Gasteiger partial charge in [-0.05, 0) is 14.0 Å². The van der Waals surface area contributed by atoms with E-state index in [1.54, 1.807) is 18.9 Å². The molecule has 0 aromatic rings. The summed E-state index contributed by atoms with van der Waals surface area (Å²) in [4.78, 5) is 1.77. The van der Waals surface area contributed by atoms with Gasteiger partial charge in [-0.1, -0.05) is 0 Å². The van der Waals surface area contributed by atoms with E-state index in [2.05, 4.69) is 0 Å². The summed E-state index contributed by atoms with van der Waals surface area (Å²) in [6.07, 6.45) is -1.11. The van der Waals surface area contributed by atoms with E-state index in [0.717, 1.165) is 0 Å². The summed E-state index contributed by atoms with van der Waals surface area (Å²) < 4.78 is 0. The third kappa shape index (κ3) is 6.25. The maximum Gasteiger partial charge on any atom is 0.0897 e. The number of likely N-dealkylation sites (N-methyl/N-ethyl adjacent to an activating group) is 1. The molecule has 0 fully saturated rings. The third-order valence-corrected chi connectivity index (χ3v) is 1.31. The molecule has 0 spiro atoms. The standard InChI is InChI=1S/C7H17NO3/c1-6(10)3-8(2)4-7(11)5-9/h6-7,9-11H,3-5H2,1-2H3. The van der Waals surface area contributed by atoms with E-state index in [4.69, 9.17) is 15.3 Å². The summed E-state index contributed by atoms with van der Waals surface area (Å²) in [6.45, 7) is 2.35. The lowest BCUT2D eigenvalue weighted by atomic mass is 10.3. The van der Waals surface area contributed by atoms with Crippen molar-refractivity contribution in [3.8, 4) is 0 Å². The van der Waals surface area contributed by atoms with Crippen LogP contribution in [-0.4, -0.2) is 59.2 Å². The van der Waals surface area contributed by atoms with E-state index >= 15 is 0 Å². The van der Waals surface area contributed by atoms with Crippen LogP contribution < -0.4 is 0 Å². The first-order valence-electron chi connectivity index (χ1n) is 3.71. The van der Waals surface area contributed by atoms with Crippen LogP contribution >= 0.6 is 0 Å². The third-order valence-electron chi connectivity index (χ3n) is 1.31. The number of aliphatic hydroxyl groups excluding tert-OH is 3. The fourth-order valence-corrected chi connectivity index (χ4v) is 0.943. The fraction of sp³-hybridized carbons (Fsp3) is 1.00. The largest absolute Gasteiger partial charge is 0.394 e. The predicted octanol–water partition coefficient (Wildman–Crippen LogP) is -1.35. The lowest BCUT2D eigenvalue weighted by molar-refractivity contribution is 0.0523. The van der Waals surface area contributed by atoms with Crippen molar-refractivity contribution in [2.45, 2.75) is 19.1 Å². The van der Waals surface area contributed by atoms with Crippen molar-refractivity contribution in [3.63, 3.8) is 0 Å². The van der Waals surface area contributed by atoms with Crippen LogP contribution in [0.15, 0.2) is 0 Å². The van der Waals surface area contributed by atoms with Crippen LogP contribution in [0.3, 0.4) is 0 Å². The molecule has 11 heavy (non-hydrogen) atoms. The highest BCUT2D eigenvalue weighted by molar-refractivity contribution is 4.61. The molecule has 0 saturated heterocycles. The van der Waals surface area contributed by atoms with Gasteiger partial charge in [0, 0.05) is 13.1 Å². The molecule has 4 heteroatoms. The van der Waals surface area contributed by atoms with Crippen LogP contribution in [0, 0.1) is 0 Å². The molecule has 0 aliphatic rings. The van der Waals surface area contributed by atoms with Gasteiger partial charge in [-0.25, -0.2) is 0 Å². The maximum atomic E-state index is 8.97. The highest BCUT2D eigenvalue weighted by Crippen LogP contribution is 1.90. The Hall–Kier alpha value is -0.160. The Kier molecular flexibility index (Phi) is 5.41. The van der Waals surface area contributed by atoms with Crippen LogP contribution in [-0.2, 0) is 0 Å². The Morgan fingerprint density at radius 1 is 1.27 bits per heavy atom. The molecular weight excluding hydrogens is 146 g/mol. The van der Waals surface area contributed by atoms with Crippen molar-refractivity contribution in [3.05, 3.63) is 0 Å². The van der Waals surface area contributed by atoms with Gasteiger partial charge in [0.2, 0.25) is 0 Å². The Balaban J connectivity index is 3.43. The molecule has 0 amide bonds. The zero-order valence-electron chi connectivity index (χ0n) is 7.06. The molecule has 0 aromatic carbocycles. The molecule has 68 valence electrons. The van der Waals surface area contributed by atoms with E-state index in [1.807, 2.05) is 0 Å². The maximum absolute atomic E-state index is 8.97. The zero-order valence-corrected chi connectivity index (χ0v) is 7.06. The molecule has 0 radical (unpaired) electrons. The van der Waals surface area contributed by atoms with Crippen LogP contribution in [0.4, 0.5) is 0 Å². The van der Waals surface area contributed by atoms with Gasteiger partial charge in [0.1, 0.15) is 0 Å². The summed E-state index contributed by atoms with van der Waals surface area (Å²) in [5.41, 5.74) is 0. The van der Waals surface area contributed by atoms with E-state index in [-0.39, 0.29) is 6.61 Å². The van der Waals surface area contributed by atoms with Gasteiger partial charge in [-0.15, -0.1) is 0 Å². The zero-order chi connectivity index (χ0) is 8.85. The first-order valence-corrected chi connectivity index (χ1v) is 3.71. The molecule has 0 aromatic heterocycles. The summed E-state index contributed by atoms with van der Waals surface area (Å²) in [7, 11) is 1.78. The van der Waals surface area contributed by atoms with E-state index in [9.17, 15) is 0 Å². The van der Waals surface area contributed by atoms with Crippen molar-refractivity contribution in [2.24, 2.45) is 0 Å². The summed E-state index contributed by atoms with van der Waals surface area (Å²) in [5.74, 6) is 0. The Labute approximate surface area is 67.1 Å². The topological polar surface area (TPSA) is 63.9 Å². The Morgan fingerprint density at radius 2 is 1.82 bits per heavy atom. The molecule has 0 rings (SSSR count). The van der Waals surface area contributed by atoms with Gasteiger partial charge < -0.3 is 20.2 Å². The number of aliphatic hydroxyl groups is 3. The van der Waals surface area contributed by atoms with Crippen molar-refractivity contribution >= 4 is 0 Å². The second kappa shape index (κ2) is 5.49. The number of rotatable bonds is 5. The smallest absolute Gasteiger partial charge is 0.0897 e. The molecule has 2 unspecified atom stereocenters. The Morgan fingerprint density at radius 3 is 2.18 bits per heavy atom. The molecular formula is C7H17NO3. The minimum atomic E-state index is -0.709. The van der Waals surface area contributed by atoms with E-state index in [0.29, 0.717) is 13.1 Å². The van der Waals surface area contributed by atoms with E-state index < -0.39 is 12.2 Å². The molecule has 0 saturated carbocycles. The predicted molar refractivity (Wildman–Crippen MR) is 42.3 cm³/mol. The van der Waals surface area contributed by atoms with Gasteiger partial charge in [0.15, 0.2) is 0 Å². The molecule has 4 nitrogen and oxygen atoms in total. The molecule has 0 aliphatic heterocycles. The van der Waals surface area contributed by atoms with Crippen LogP contribution in [0.2, 0.25) is 0 Å². The van der Waals surface area contributed by atoms with Crippen LogP contribution in [0.1, 0.15) is 6.92 Å². The van der Waals surface area contributed by atoms with E-state index in [1.165, 1.54) is 0 Å². The summed E-state index contributed by atoms with van der Waals surface area (Å²) in [5, 5.41) is 26.4. The lowest BCUT2D eigenvalue weighted by Crippen LogP contribution is -2.35.